The van der Waals surface area contributed by atoms with Crippen LogP contribution < -0.4 is 5.32 Å². The second kappa shape index (κ2) is 57.7. The third kappa shape index (κ3) is 60.5. The SMILES string of the molecule is CCCCCCCCCCCCCC/C=C\CCCCCCCCCCCCCCCCC(=O)NC(COP(=O)(O)OCC[N+](C)(C)C)C(O)/C=C/CCCCCCCCCCCCCCCCCCCCCCC. The minimum atomic E-state index is -4.35. The standard InChI is InChI=1S/C66H131N2O6P/c1-6-8-10-12-14-16-18-20-22-24-26-28-30-31-32-33-34-35-36-38-40-42-44-46-48-50-52-54-56-58-60-66(70)67-64(63-74-75(71,72)73-62-61-68(3,4)5)65(69)59-57-55-53-51-49-47-45-43-41-39-37-29-27-25-23-21-19-17-15-13-11-9-7-2/h31-32,57,59,64-65,69H,6-30,33-56,58,60-63H2,1-5H3,(H-,67,70,71,72)/p+1/b32-31-,59-57+. The number of unbranched alkanes of at least 4 members (excludes halogenated alkanes) is 47. The molecule has 0 fully saturated rings. The summed E-state index contributed by atoms with van der Waals surface area (Å²) in [4.78, 5) is 23.4. The summed E-state index contributed by atoms with van der Waals surface area (Å²) in [6, 6.07) is -0.845. The number of quaternary nitrogens is 1. The van der Waals surface area contributed by atoms with E-state index in [9.17, 15) is 19.4 Å². The fourth-order valence-electron chi connectivity index (χ4n) is 10.2. The fraction of sp³-hybridized carbons (Fsp3) is 0.924. The number of nitrogens with one attached hydrogen (secondary N) is 1. The van der Waals surface area contributed by atoms with Crippen LogP contribution in [0.5, 0.6) is 0 Å². The lowest BCUT2D eigenvalue weighted by Gasteiger charge is -2.25. The molecule has 9 heteroatoms. The molecule has 0 rings (SSSR count). The first kappa shape index (κ1) is 74.0. The topological polar surface area (TPSA) is 105 Å². The highest BCUT2D eigenvalue weighted by Crippen LogP contribution is 2.43. The summed E-state index contributed by atoms with van der Waals surface area (Å²) >= 11 is 0. The van der Waals surface area contributed by atoms with E-state index in [-0.39, 0.29) is 19.1 Å². The van der Waals surface area contributed by atoms with Gasteiger partial charge in [-0.15, -0.1) is 0 Å². The molecule has 0 aliphatic heterocycles. The Balaban J connectivity index is 4.07. The van der Waals surface area contributed by atoms with Gasteiger partial charge < -0.3 is 19.8 Å². The zero-order valence-corrected chi connectivity index (χ0v) is 52.0. The van der Waals surface area contributed by atoms with Crippen molar-refractivity contribution < 1.29 is 32.9 Å². The van der Waals surface area contributed by atoms with Crippen molar-refractivity contribution in [1.29, 1.82) is 0 Å². The number of phosphoric acid groups is 1. The molecule has 0 aliphatic rings. The van der Waals surface area contributed by atoms with Crippen LogP contribution in [0.2, 0.25) is 0 Å². The normalized spacial score (nSPS) is 13.9. The van der Waals surface area contributed by atoms with Crippen LogP contribution in [0.1, 0.15) is 341 Å². The van der Waals surface area contributed by atoms with Gasteiger partial charge in [0.25, 0.3) is 0 Å². The van der Waals surface area contributed by atoms with Crippen molar-refractivity contribution in [2.75, 3.05) is 40.9 Å². The minimum absolute atomic E-state index is 0.0639. The van der Waals surface area contributed by atoms with E-state index in [1.54, 1.807) is 6.08 Å². The fourth-order valence-corrected chi connectivity index (χ4v) is 11.0. The van der Waals surface area contributed by atoms with E-state index in [1.807, 2.05) is 27.2 Å². The largest absolute Gasteiger partial charge is 0.472 e. The van der Waals surface area contributed by atoms with Gasteiger partial charge in [-0.25, -0.2) is 4.57 Å². The Hall–Kier alpha value is -1.02. The molecule has 75 heavy (non-hydrogen) atoms. The molecule has 0 aliphatic carbocycles. The van der Waals surface area contributed by atoms with Gasteiger partial charge in [-0.1, -0.05) is 314 Å². The smallest absolute Gasteiger partial charge is 0.387 e. The molecule has 0 aromatic rings. The molecule has 0 aromatic heterocycles. The first-order valence-electron chi connectivity index (χ1n) is 33.2. The Labute approximate surface area is 468 Å². The molecule has 0 radical (unpaired) electrons. The predicted molar refractivity (Wildman–Crippen MR) is 328 cm³/mol. The molecule has 8 nitrogen and oxygen atoms in total. The quantitative estimate of drug-likeness (QED) is 0.0243. The third-order valence-corrected chi connectivity index (χ3v) is 16.4. The number of nitrogens with zero attached hydrogens (tertiary/aromatic N) is 1. The van der Waals surface area contributed by atoms with Crippen molar-refractivity contribution >= 4 is 13.7 Å². The third-order valence-electron chi connectivity index (χ3n) is 15.4. The van der Waals surface area contributed by atoms with E-state index in [2.05, 4.69) is 31.3 Å². The number of phosphoric ester groups is 1. The summed E-state index contributed by atoms with van der Waals surface area (Å²) < 4.78 is 23.8. The zero-order valence-electron chi connectivity index (χ0n) is 51.1. The maximum atomic E-state index is 13.0. The number of hydrogen-bond donors (Lipinski definition) is 3. The molecule has 3 unspecified atom stereocenters. The van der Waals surface area contributed by atoms with Crippen LogP contribution in [0.25, 0.3) is 0 Å². The molecule has 3 N–H and O–H groups in total. The molecule has 0 aromatic carbocycles. The van der Waals surface area contributed by atoms with Crippen molar-refractivity contribution in [1.82, 2.24) is 5.32 Å². The van der Waals surface area contributed by atoms with Gasteiger partial charge in [0.05, 0.1) is 39.9 Å². The van der Waals surface area contributed by atoms with Crippen LogP contribution >= 0.6 is 7.82 Å². The second-order valence-corrected chi connectivity index (χ2v) is 25.7. The van der Waals surface area contributed by atoms with Gasteiger partial charge >= 0.3 is 7.82 Å². The molecule has 0 saturated carbocycles. The molecular weight excluding hydrogens is 948 g/mol. The average molecular weight is 1080 g/mol. The van der Waals surface area contributed by atoms with E-state index in [0.29, 0.717) is 17.4 Å². The summed E-state index contributed by atoms with van der Waals surface area (Å²) in [5.41, 5.74) is 0. The van der Waals surface area contributed by atoms with Crippen LogP contribution in [-0.4, -0.2) is 73.4 Å². The molecule has 0 bridgehead atoms. The van der Waals surface area contributed by atoms with Gasteiger partial charge in [0.1, 0.15) is 13.2 Å². The number of hydrogen-bond acceptors (Lipinski definition) is 5. The van der Waals surface area contributed by atoms with E-state index >= 15 is 0 Å². The molecule has 446 valence electrons. The van der Waals surface area contributed by atoms with Crippen LogP contribution in [0.4, 0.5) is 0 Å². The Morgan fingerprint density at radius 3 is 1.03 bits per heavy atom. The number of carbonyl (C=O) groups excluding carboxylic acids is 1. The van der Waals surface area contributed by atoms with Crippen molar-refractivity contribution in [3.8, 4) is 0 Å². The molecule has 0 spiro atoms. The highest BCUT2D eigenvalue weighted by Gasteiger charge is 2.28. The van der Waals surface area contributed by atoms with Gasteiger partial charge in [-0.2, -0.15) is 0 Å². The Morgan fingerprint density at radius 2 is 0.720 bits per heavy atom. The zero-order chi connectivity index (χ0) is 54.9. The summed E-state index contributed by atoms with van der Waals surface area (Å²) in [5.74, 6) is -0.170. The van der Waals surface area contributed by atoms with Crippen molar-refractivity contribution in [2.45, 2.75) is 353 Å². The Bertz CT molecular complexity index is 1270. The summed E-state index contributed by atoms with van der Waals surface area (Å²) in [6.45, 7) is 4.88. The molecule has 3 atom stereocenters. The highest BCUT2D eigenvalue weighted by molar-refractivity contribution is 7.47. The average Bonchev–Trinajstić information content (AvgIpc) is 3.37. The number of rotatable bonds is 62. The molecule has 0 heterocycles. The Kier molecular flexibility index (Phi) is 56.9. The van der Waals surface area contributed by atoms with E-state index < -0.39 is 20.0 Å². The van der Waals surface area contributed by atoms with Crippen molar-refractivity contribution in [3.63, 3.8) is 0 Å². The number of aliphatic hydroxyl groups is 1. The van der Waals surface area contributed by atoms with E-state index in [0.717, 1.165) is 32.1 Å². The van der Waals surface area contributed by atoms with E-state index in [1.165, 1.54) is 289 Å². The minimum Gasteiger partial charge on any atom is -0.387 e. The van der Waals surface area contributed by atoms with Crippen LogP contribution in [-0.2, 0) is 18.4 Å². The summed E-state index contributed by atoms with van der Waals surface area (Å²) in [7, 11) is 1.59. The first-order chi connectivity index (χ1) is 36.5. The molecule has 0 saturated heterocycles. The summed E-state index contributed by atoms with van der Waals surface area (Å²) in [5, 5.41) is 14.0. The number of likely N-dealkylation sites (N-methyl/N-ethyl adjacent to an activating group) is 1. The van der Waals surface area contributed by atoms with Gasteiger partial charge in [-0.05, 0) is 44.9 Å². The first-order valence-corrected chi connectivity index (χ1v) is 34.7. The van der Waals surface area contributed by atoms with Gasteiger partial charge in [0, 0.05) is 6.42 Å². The van der Waals surface area contributed by atoms with Gasteiger partial charge in [0.15, 0.2) is 0 Å². The monoisotopic (exact) mass is 1080 g/mol. The Morgan fingerprint density at radius 1 is 0.440 bits per heavy atom. The predicted octanol–water partition coefficient (Wildman–Crippen LogP) is 20.7. The maximum Gasteiger partial charge on any atom is 0.472 e. The number of amides is 1. The van der Waals surface area contributed by atoms with Crippen molar-refractivity contribution in [3.05, 3.63) is 24.3 Å². The lowest BCUT2D eigenvalue weighted by molar-refractivity contribution is -0.870. The van der Waals surface area contributed by atoms with Crippen LogP contribution in [0.3, 0.4) is 0 Å². The number of allylic oxidation sites excluding steroid dienone is 3. The summed E-state index contributed by atoms with van der Waals surface area (Å²) in [6.07, 6.45) is 74.5. The lowest BCUT2D eigenvalue weighted by Crippen LogP contribution is -2.45. The number of carbonyl (C=O) groups is 1. The lowest BCUT2D eigenvalue weighted by atomic mass is 10.0. The van der Waals surface area contributed by atoms with Crippen LogP contribution in [0, 0.1) is 0 Å². The maximum absolute atomic E-state index is 13.0. The number of aliphatic hydroxyl groups excluding tert-OH is 1. The van der Waals surface area contributed by atoms with Gasteiger partial charge in [-0.3, -0.25) is 13.8 Å². The highest BCUT2D eigenvalue weighted by atomic mass is 31.2. The second-order valence-electron chi connectivity index (χ2n) is 24.2. The van der Waals surface area contributed by atoms with E-state index in [4.69, 9.17) is 9.05 Å². The van der Waals surface area contributed by atoms with Crippen LogP contribution in [0.15, 0.2) is 24.3 Å². The molecule has 1 amide bonds. The van der Waals surface area contributed by atoms with Crippen molar-refractivity contribution in [2.24, 2.45) is 0 Å². The molecular formula is C66H132N2O6P+. The van der Waals surface area contributed by atoms with Gasteiger partial charge in [0.2, 0.25) is 5.91 Å².